The Kier molecular flexibility index (Phi) is 1.77. The van der Waals surface area contributed by atoms with Crippen LogP contribution in [0.15, 0.2) is 17.3 Å². The fourth-order valence-electron chi connectivity index (χ4n) is 2.09. The van der Waals surface area contributed by atoms with E-state index in [1.807, 2.05) is 16.8 Å². The molecule has 4 heteroatoms. The lowest BCUT2D eigenvalue weighted by molar-refractivity contribution is 0.812. The van der Waals surface area contributed by atoms with Gasteiger partial charge in [-0.1, -0.05) is 0 Å². The first kappa shape index (κ1) is 8.29. The molecule has 0 bridgehead atoms. The summed E-state index contributed by atoms with van der Waals surface area (Å²) in [4.78, 5) is 4.61. The number of aryl methyl sites for hydroxylation is 1. The van der Waals surface area contributed by atoms with Gasteiger partial charge in [0.2, 0.25) is 0 Å². The van der Waals surface area contributed by atoms with Crippen molar-refractivity contribution in [2.24, 2.45) is 0 Å². The number of nitrogens with zero attached hydrogens (tertiary/aromatic N) is 3. The summed E-state index contributed by atoms with van der Waals surface area (Å²) in [7, 11) is 0. The molecule has 0 amide bonds. The van der Waals surface area contributed by atoms with Crippen molar-refractivity contribution < 1.29 is 0 Å². The third kappa shape index (κ3) is 1.00. The number of thioether (sulfide) groups is 1. The molecular formula is C10H11N3S. The van der Waals surface area contributed by atoms with Gasteiger partial charge in [0.05, 0.1) is 6.20 Å². The predicted molar refractivity (Wildman–Crippen MR) is 56.8 cm³/mol. The van der Waals surface area contributed by atoms with Gasteiger partial charge in [-0.25, -0.2) is 9.50 Å². The molecule has 14 heavy (non-hydrogen) atoms. The highest BCUT2D eigenvalue weighted by Crippen LogP contribution is 2.29. The van der Waals surface area contributed by atoms with Crippen molar-refractivity contribution in [2.75, 3.05) is 6.26 Å². The molecule has 0 saturated carbocycles. The van der Waals surface area contributed by atoms with Gasteiger partial charge in [-0.15, -0.1) is 11.8 Å². The van der Waals surface area contributed by atoms with Gasteiger partial charge in [0.1, 0.15) is 5.03 Å². The Labute approximate surface area is 86.5 Å². The molecule has 1 aliphatic carbocycles. The van der Waals surface area contributed by atoms with E-state index in [0.717, 1.165) is 18.5 Å². The monoisotopic (exact) mass is 205 g/mol. The molecule has 0 fully saturated rings. The van der Waals surface area contributed by atoms with Gasteiger partial charge in [-0.2, -0.15) is 5.10 Å². The lowest BCUT2D eigenvalue weighted by Crippen LogP contribution is -2.01. The zero-order chi connectivity index (χ0) is 9.54. The van der Waals surface area contributed by atoms with Crippen molar-refractivity contribution in [1.29, 1.82) is 0 Å². The second-order valence-corrected chi connectivity index (χ2v) is 4.30. The summed E-state index contributed by atoms with van der Waals surface area (Å²) in [6.07, 6.45) is 7.45. The lowest BCUT2D eigenvalue weighted by Gasteiger charge is -2.07. The number of hydrogen-bond acceptors (Lipinski definition) is 3. The maximum Gasteiger partial charge on any atom is 0.156 e. The Morgan fingerprint density at radius 1 is 1.43 bits per heavy atom. The van der Waals surface area contributed by atoms with Crippen molar-refractivity contribution >= 4 is 17.4 Å². The van der Waals surface area contributed by atoms with E-state index in [4.69, 9.17) is 0 Å². The molecule has 0 N–H and O–H groups in total. The molecule has 0 unspecified atom stereocenters. The molecular weight excluding hydrogens is 194 g/mol. The molecule has 3 nitrogen and oxygen atoms in total. The first-order valence-electron chi connectivity index (χ1n) is 4.79. The Morgan fingerprint density at radius 3 is 3.21 bits per heavy atom. The molecule has 0 atom stereocenters. The van der Waals surface area contributed by atoms with Crippen molar-refractivity contribution in [3.8, 4) is 0 Å². The minimum absolute atomic E-state index is 0.981. The smallest absolute Gasteiger partial charge is 0.156 e. The van der Waals surface area contributed by atoms with Gasteiger partial charge in [0.25, 0.3) is 0 Å². The van der Waals surface area contributed by atoms with Gasteiger partial charge in [-0.3, -0.25) is 0 Å². The summed E-state index contributed by atoms with van der Waals surface area (Å²) in [6, 6.07) is 1.97. The van der Waals surface area contributed by atoms with E-state index in [1.165, 1.54) is 22.7 Å². The highest BCUT2D eigenvalue weighted by atomic mass is 32.2. The van der Waals surface area contributed by atoms with Crippen LogP contribution in [0.4, 0.5) is 0 Å². The van der Waals surface area contributed by atoms with Crippen molar-refractivity contribution in [1.82, 2.24) is 14.6 Å². The fraction of sp³-hybridized carbons (Fsp3) is 0.400. The van der Waals surface area contributed by atoms with E-state index in [1.54, 1.807) is 11.8 Å². The third-order valence-corrected chi connectivity index (χ3v) is 3.51. The fourth-order valence-corrected chi connectivity index (χ4v) is 2.87. The predicted octanol–water partition coefficient (Wildman–Crippen LogP) is 1.94. The van der Waals surface area contributed by atoms with Crippen LogP contribution in [0, 0.1) is 0 Å². The molecule has 1 aliphatic rings. The first-order valence-corrected chi connectivity index (χ1v) is 6.02. The van der Waals surface area contributed by atoms with Crippen LogP contribution in [0.3, 0.4) is 0 Å². The van der Waals surface area contributed by atoms with E-state index >= 15 is 0 Å². The number of rotatable bonds is 1. The molecule has 0 saturated heterocycles. The van der Waals surface area contributed by atoms with Gasteiger partial charge < -0.3 is 0 Å². The van der Waals surface area contributed by atoms with Crippen LogP contribution in [-0.2, 0) is 12.8 Å². The average molecular weight is 205 g/mol. The SMILES string of the molecule is CSc1c2c(nc3ccnn13)CCC2. The molecule has 0 radical (unpaired) electrons. The molecule has 0 aromatic carbocycles. The van der Waals surface area contributed by atoms with Crippen LogP contribution in [-0.4, -0.2) is 20.9 Å². The Morgan fingerprint density at radius 2 is 2.36 bits per heavy atom. The number of hydrogen-bond donors (Lipinski definition) is 0. The van der Waals surface area contributed by atoms with Gasteiger partial charge in [0, 0.05) is 17.3 Å². The van der Waals surface area contributed by atoms with Crippen LogP contribution in [0.25, 0.3) is 5.65 Å². The van der Waals surface area contributed by atoms with Crippen LogP contribution in [0.2, 0.25) is 0 Å². The maximum absolute atomic E-state index is 4.61. The van der Waals surface area contributed by atoms with Gasteiger partial charge in [-0.05, 0) is 25.5 Å². The van der Waals surface area contributed by atoms with E-state index in [2.05, 4.69) is 16.3 Å². The summed E-state index contributed by atoms with van der Waals surface area (Å²) in [5.74, 6) is 0. The normalized spacial score (nSPS) is 14.9. The molecule has 72 valence electrons. The molecule has 3 rings (SSSR count). The first-order chi connectivity index (χ1) is 6.90. The number of aromatic nitrogens is 3. The van der Waals surface area contributed by atoms with E-state index < -0.39 is 0 Å². The zero-order valence-corrected chi connectivity index (χ0v) is 8.84. The highest BCUT2D eigenvalue weighted by Gasteiger charge is 2.19. The van der Waals surface area contributed by atoms with Crippen molar-refractivity contribution in [2.45, 2.75) is 24.3 Å². The lowest BCUT2D eigenvalue weighted by atomic mass is 10.3. The second kappa shape index (κ2) is 2.98. The quantitative estimate of drug-likeness (QED) is 0.526. The average Bonchev–Trinajstić information content (AvgIpc) is 2.80. The minimum Gasteiger partial charge on any atom is -0.233 e. The van der Waals surface area contributed by atoms with Crippen molar-refractivity contribution in [3.63, 3.8) is 0 Å². The maximum atomic E-state index is 4.61. The number of fused-ring (bicyclic) bond motifs is 2. The van der Waals surface area contributed by atoms with Crippen LogP contribution >= 0.6 is 11.8 Å². The molecule has 2 heterocycles. The largest absolute Gasteiger partial charge is 0.233 e. The molecule has 0 spiro atoms. The summed E-state index contributed by atoms with van der Waals surface area (Å²) in [6.45, 7) is 0. The summed E-state index contributed by atoms with van der Waals surface area (Å²) < 4.78 is 1.95. The van der Waals surface area contributed by atoms with E-state index in [9.17, 15) is 0 Å². The van der Waals surface area contributed by atoms with Crippen LogP contribution in [0.5, 0.6) is 0 Å². The van der Waals surface area contributed by atoms with E-state index in [-0.39, 0.29) is 0 Å². The summed E-state index contributed by atoms with van der Waals surface area (Å²) >= 11 is 1.77. The highest BCUT2D eigenvalue weighted by molar-refractivity contribution is 7.98. The molecule has 0 aliphatic heterocycles. The third-order valence-electron chi connectivity index (χ3n) is 2.70. The summed E-state index contributed by atoms with van der Waals surface area (Å²) in [5, 5.41) is 5.57. The minimum atomic E-state index is 0.981. The Balaban J connectivity index is 2.40. The van der Waals surface area contributed by atoms with Crippen LogP contribution in [0.1, 0.15) is 17.7 Å². The summed E-state index contributed by atoms with van der Waals surface area (Å²) in [5.41, 5.74) is 3.67. The standard InChI is InChI=1S/C10H11N3S/c1-14-10-7-3-2-4-8(7)12-9-5-6-11-13(9)10/h5-6H,2-4H2,1H3. The van der Waals surface area contributed by atoms with Crippen molar-refractivity contribution in [3.05, 3.63) is 23.5 Å². The molecule has 2 aromatic heterocycles. The second-order valence-electron chi connectivity index (χ2n) is 3.50. The van der Waals surface area contributed by atoms with E-state index in [0.29, 0.717) is 0 Å². The van der Waals surface area contributed by atoms with Gasteiger partial charge >= 0.3 is 0 Å². The zero-order valence-electron chi connectivity index (χ0n) is 8.03. The Hall–Kier alpha value is -1.03. The molecule has 2 aromatic rings. The Bertz CT molecular complexity index is 489. The topological polar surface area (TPSA) is 30.2 Å². The van der Waals surface area contributed by atoms with Gasteiger partial charge in [0.15, 0.2) is 5.65 Å². The van der Waals surface area contributed by atoms with Crippen LogP contribution < -0.4 is 0 Å².